The van der Waals surface area contributed by atoms with Gasteiger partial charge in [0.2, 0.25) is 0 Å². The summed E-state index contributed by atoms with van der Waals surface area (Å²) >= 11 is 0. The van der Waals surface area contributed by atoms with Gasteiger partial charge in [0.1, 0.15) is 0 Å². The van der Waals surface area contributed by atoms with Crippen LogP contribution in [-0.4, -0.2) is 46.9 Å². The van der Waals surface area contributed by atoms with Crippen LogP contribution in [0, 0.1) is 0 Å². The summed E-state index contributed by atoms with van der Waals surface area (Å²) in [4.78, 5) is 10.9. The van der Waals surface area contributed by atoms with E-state index in [0.717, 1.165) is 22.6 Å². The maximum absolute atomic E-state index is 10.9. The highest BCUT2D eigenvalue weighted by Gasteiger charge is 2.73. The quantitative estimate of drug-likeness (QED) is 0.615. The minimum atomic E-state index is -1.18. The number of carbonyl (C=O) groups excluding carboxylic acids is 1. The lowest BCUT2D eigenvalue weighted by Crippen LogP contribution is -2.60. The van der Waals surface area contributed by atoms with Gasteiger partial charge in [-0.2, -0.15) is 0 Å². The summed E-state index contributed by atoms with van der Waals surface area (Å²) in [5.74, 6) is 1.44. The number of hydrogen-bond acceptors (Lipinski definition) is 4. The van der Waals surface area contributed by atoms with Crippen LogP contribution in [0.2, 0.25) is 0 Å². The molecule has 2 aromatic rings. The zero-order valence-corrected chi connectivity index (χ0v) is 12.7. The van der Waals surface area contributed by atoms with Crippen LogP contribution in [0.4, 0.5) is 0 Å². The maximum Gasteiger partial charge on any atom is 0.707 e. The Morgan fingerprint density at radius 1 is 1.00 bits per heavy atom. The Labute approximate surface area is 137 Å². The molecule has 3 heterocycles. The predicted octanol–water partition coefficient (Wildman–Crippen LogP) is 1.16. The summed E-state index contributed by atoms with van der Waals surface area (Å²) in [6.07, 6.45) is 3.39. The molecule has 118 valence electrons. The van der Waals surface area contributed by atoms with E-state index in [1.165, 1.54) is 0 Å². The van der Waals surface area contributed by atoms with Crippen molar-refractivity contribution in [2.45, 2.75) is 12.3 Å². The van der Waals surface area contributed by atoms with Gasteiger partial charge >= 0.3 is 12.3 Å². The molecule has 6 heteroatoms. The fourth-order valence-corrected chi connectivity index (χ4v) is 3.38. The Bertz CT molecular complexity index is 917. The number of para-hydroxylation sites is 2. The molecule has 1 saturated heterocycles. The normalized spacial score (nSPS) is 25.6. The minimum Gasteiger partial charge on any atom is -0.399 e. The van der Waals surface area contributed by atoms with Gasteiger partial charge in [0.05, 0.1) is 11.1 Å². The third kappa shape index (κ3) is 1.68. The van der Waals surface area contributed by atoms with E-state index in [1.54, 1.807) is 4.58 Å². The van der Waals surface area contributed by atoms with E-state index in [0.29, 0.717) is 13.0 Å². The first kappa shape index (κ1) is 13.3. The number of nitrogens with zero attached hydrogens (tertiary/aromatic N) is 2. The second kappa shape index (κ2) is 4.67. The van der Waals surface area contributed by atoms with Crippen LogP contribution < -0.4 is 9.47 Å². The van der Waals surface area contributed by atoms with Crippen LogP contribution in [0.3, 0.4) is 0 Å². The van der Waals surface area contributed by atoms with Crippen molar-refractivity contribution in [1.29, 1.82) is 0 Å². The largest absolute Gasteiger partial charge is 0.707 e. The summed E-state index contributed by atoms with van der Waals surface area (Å²) in [5, 5.41) is 0. The molecule has 0 amide bonds. The van der Waals surface area contributed by atoms with Crippen molar-refractivity contribution in [3.63, 3.8) is 0 Å². The number of ether oxygens (including phenoxy) is 3. The molecule has 1 fully saturated rings. The summed E-state index contributed by atoms with van der Waals surface area (Å²) in [6.45, 7) is 0.899. The molecule has 2 atom stereocenters. The Morgan fingerprint density at radius 2 is 1.62 bits per heavy atom. The first-order valence-corrected chi connectivity index (χ1v) is 7.70. The number of rotatable bonds is 2. The SMILES string of the molecule is O=COC1C[N+]2=Cc3ccccc3OC23Oc2ccccc2C=[N+]13. The lowest BCUT2D eigenvalue weighted by Gasteiger charge is -2.26. The van der Waals surface area contributed by atoms with Crippen molar-refractivity contribution in [2.24, 2.45) is 0 Å². The molecule has 0 saturated carbocycles. The van der Waals surface area contributed by atoms with Crippen molar-refractivity contribution in [2.75, 3.05) is 6.54 Å². The van der Waals surface area contributed by atoms with Gasteiger partial charge in [-0.05, 0) is 28.8 Å². The molecule has 2 unspecified atom stereocenters. The molecule has 2 aromatic carbocycles. The minimum absolute atomic E-state index is 0.442. The van der Waals surface area contributed by atoms with Crippen molar-refractivity contribution in [1.82, 2.24) is 0 Å². The van der Waals surface area contributed by atoms with Crippen LogP contribution in [0.5, 0.6) is 11.5 Å². The van der Waals surface area contributed by atoms with Crippen molar-refractivity contribution in [3.8, 4) is 11.5 Å². The number of carbonyl (C=O) groups is 1. The summed E-state index contributed by atoms with van der Waals surface area (Å²) in [6, 6.07) is 14.2. The molecule has 3 aliphatic heterocycles. The van der Waals surface area contributed by atoms with Gasteiger partial charge in [-0.25, -0.2) is 0 Å². The molecule has 0 aliphatic carbocycles. The molecule has 0 aromatic heterocycles. The monoisotopic (exact) mass is 322 g/mol. The maximum atomic E-state index is 10.9. The van der Waals surface area contributed by atoms with Crippen LogP contribution in [0.1, 0.15) is 11.1 Å². The van der Waals surface area contributed by atoms with E-state index in [4.69, 9.17) is 14.2 Å². The van der Waals surface area contributed by atoms with Gasteiger partial charge < -0.3 is 14.2 Å². The van der Waals surface area contributed by atoms with Crippen molar-refractivity contribution in [3.05, 3.63) is 59.7 Å². The van der Waals surface area contributed by atoms with E-state index in [1.807, 2.05) is 65.5 Å². The average molecular weight is 322 g/mol. The van der Waals surface area contributed by atoms with Gasteiger partial charge in [0, 0.05) is 0 Å². The summed E-state index contributed by atoms with van der Waals surface area (Å²) < 4.78 is 21.5. The molecule has 0 radical (unpaired) electrons. The van der Waals surface area contributed by atoms with Gasteiger partial charge in [-0.1, -0.05) is 28.8 Å². The highest BCUT2D eigenvalue weighted by Crippen LogP contribution is 2.38. The topological polar surface area (TPSA) is 50.8 Å². The highest BCUT2D eigenvalue weighted by atomic mass is 16.8. The van der Waals surface area contributed by atoms with Crippen molar-refractivity contribution >= 4 is 18.9 Å². The molecule has 0 bridgehead atoms. The first-order valence-electron chi connectivity index (χ1n) is 7.70. The average Bonchev–Trinajstić information content (AvgIpc) is 2.90. The standard InChI is InChI=1S/C18H14N2O4/c21-12-22-17-11-19-9-13-5-1-3-7-15(13)23-18(19)20(17)10-14-6-2-4-8-16(14)24-18/h1-10,12,17H,11H2/q+2. The molecule has 1 spiro atoms. The molecular formula is C18H14N2O4+2. The van der Waals surface area contributed by atoms with Gasteiger partial charge in [0.25, 0.3) is 13.0 Å². The first-order chi connectivity index (χ1) is 11.8. The zero-order chi connectivity index (χ0) is 16.1. The third-order valence-corrected chi connectivity index (χ3v) is 4.46. The second-order valence-electron chi connectivity index (χ2n) is 5.83. The number of benzene rings is 2. The van der Waals surface area contributed by atoms with E-state index in [9.17, 15) is 4.79 Å². The molecule has 6 nitrogen and oxygen atoms in total. The second-order valence-corrected chi connectivity index (χ2v) is 5.83. The van der Waals surface area contributed by atoms with E-state index in [-0.39, 0.29) is 0 Å². The van der Waals surface area contributed by atoms with E-state index in [2.05, 4.69) is 0 Å². The van der Waals surface area contributed by atoms with Gasteiger partial charge in [0.15, 0.2) is 23.9 Å². The molecular weight excluding hydrogens is 308 g/mol. The lowest BCUT2D eigenvalue weighted by atomic mass is 10.2. The Morgan fingerprint density at radius 3 is 2.29 bits per heavy atom. The van der Waals surface area contributed by atoms with Gasteiger partial charge in [-0.15, -0.1) is 0 Å². The fourth-order valence-electron chi connectivity index (χ4n) is 3.38. The lowest BCUT2D eigenvalue weighted by molar-refractivity contribution is -0.866. The molecule has 3 aliphatic rings. The predicted molar refractivity (Wildman–Crippen MR) is 83.5 cm³/mol. The number of hydrogen-bond donors (Lipinski definition) is 0. The Hall–Kier alpha value is -3.15. The highest BCUT2D eigenvalue weighted by molar-refractivity contribution is 5.82. The van der Waals surface area contributed by atoms with Gasteiger partial charge in [-0.3, -0.25) is 4.79 Å². The van der Waals surface area contributed by atoms with Crippen LogP contribution >= 0.6 is 0 Å². The smallest absolute Gasteiger partial charge is 0.399 e. The van der Waals surface area contributed by atoms with E-state index >= 15 is 0 Å². The van der Waals surface area contributed by atoms with Crippen LogP contribution in [-0.2, 0) is 9.53 Å². The Kier molecular flexibility index (Phi) is 2.59. The molecule has 0 N–H and O–H groups in total. The molecule has 24 heavy (non-hydrogen) atoms. The third-order valence-electron chi connectivity index (χ3n) is 4.46. The van der Waals surface area contributed by atoms with E-state index < -0.39 is 12.3 Å². The number of fused-ring (bicyclic) bond motifs is 2. The molecule has 5 rings (SSSR count). The zero-order valence-electron chi connectivity index (χ0n) is 12.7. The van der Waals surface area contributed by atoms with Crippen LogP contribution in [0.25, 0.3) is 0 Å². The summed E-state index contributed by atoms with van der Waals surface area (Å²) in [5.41, 5.74) is 1.87. The van der Waals surface area contributed by atoms with Crippen LogP contribution in [0.15, 0.2) is 48.5 Å². The fraction of sp³-hybridized carbons (Fsp3) is 0.167. The Balaban J connectivity index is 1.72. The van der Waals surface area contributed by atoms with Crippen molar-refractivity contribution < 1.29 is 28.2 Å². The summed E-state index contributed by atoms with van der Waals surface area (Å²) in [7, 11) is 0.